The molecule has 2 heterocycles. The van der Waals surface area contributed by atoms with E-state index in [2.05, 4.69) is 20.2 Å². The molecule has 0 aliphatic rings. The Morgan fingerprint density at radius 3 is 2.68 bits per heavy atom. The number of aromatic nitrogens is 4. The number of ether oxygens (including phenoxy) is 1. The molecule has 1 aromatic carbocycles. The van der Waals surface area contributed by atoms with Gasteiger partial charge in [0.05, 0.1) is 44.5 Å². The summed E-state index contributed by atoms with van der Waals surface area (Å²) in [6.45, 7) is 8.87. The average molecular weight is 465 g/mol. The highest BCUT2D eigenvalue weighted by molar-refractivity contribution is 5.71. The second kappa shape index (κ2) is 14.3. The molecular formula is C25H32N6O3. The van der Waals surface area contributed by atoms with Gasteiger partial charge in [0.15, 0.2) is 11.6 Å². The van der Waals surface area contributed by atoms with E-state index in [0.717, 1.165) is 11.1 Å². The molecule has 0 aliphatic heterocycles. The van der Waals surface area contributed by atoms with E-state index in [4.69, 9.17) is 9.84 Å². The lowest BCUT2D eigenvalue weighted by molar-refractivity contribution is -0.104. The van der Waals surface area contributed by atoms with E-state index in [-0.39, 0.29) is 12.5 Å². The first-order chi connectivity index (χ1) is 16.6. The smallest absolute Gasteiger partial charge is 0.159 e. The molecule has 0 amide bonds. The average Bonchev–Trinajstić information content (AvgIpc) is 3.34. The topological polar surface area (TPSA) is 106 Å². The van der Waals surface area contributed by atoms with Crippen LogP contribution in [0.3, 0.4) is 0 Å². The second-order valence-corrected chi connectivity index (χ2v) is 6.86. The van der Waals surface area contributed by atoms with Gasteiger partial charge in [-0.3, -0.25) is 9.48 Å². The van der Waals surface area contributed by atoms with Crippen LogP contribution in [0.2, 0.25) is 0 Å². The van der Waals surface area contributed by atoms with Crippen LogP contribution < -0.4 is 9.75 Å². The lowest BCUT2D eigenvalue weighted by atomic mass is 10.00. The number of anilines is 1. The second-order valence-electron chi connectivity index (χ2n) is 6.86. The Morgan fingerprint density at radius 2 is 2.00 bits per heavy atom. The van der Waals surface area contributed by atoms with Crippen LogP contribution in [0.15, 0.2) is 66.4 Å². The number of benzene rings is 1. The molecule has 1 atom stereocenters. The summed E-state index contributed by atoms with van der Waals surface area (Å²) in [6, 6.07) is 7.95. The highest BCUT2D eigenvalue weighted by Gasteiger charge is 2.09. The number of hydrogen-bond donors (Lipinski definition) is 1. The van der Waals surface area contributed by atoms with Crippen molar-refractivity contribution in [2.75, 3.05) is 18.2 Å². The lowest BCUT2D eigenvalue weighted by Crippen LogP contribution is -2.09. The summed E-state index contributed by atoms with van der Waals surface area (Å²) in [5.41, 5.74) is 2.62. The third-order valence-corrected chi connectivity index (χ3v) is 4.54. The standard InChI is InChI=1S/C23H26N6O3.C2H6/c1-3-32-22-15-24-23(25-16-22)20-7-4-6-19(12-20)18(2)13-27-29(8-5-10-30)21-14-26-28(17-21)9-11-31;1-2/h4-8,10,12-18,31H,3,9,11H2,1-2H3;1-2H3/b8-5-,27-13+;. The zero-order chi connectivity index (χ0) is 24.8. The number of rotatable bonds is 11. The Labute approximate surface area is 200 Å². The largest absolute Gasteiger partial charge is 0.491 e. The molecule has 3 rings (SSSR count). The third-order valence-electron chi connectivity index (χ3n) is 4.54. The maximum Gasteiger partial charge on any atom is 0.159 e. The molecule has 1 N–H and O–H groups in total. The Morgan fingerprint density at radius 1 is 1.24 bits per heavy atom. The minimum absolute atomic E-state index is 0.0139. The van der Waals surface area contributed by atoms with Crippen molar-refractivity contribution in [1.82, 2.24) is 19.7 Å². The van der Waals surface area contributed by atoms with Crippen molar-refractivity contribution in [2.24, 2.45) is 5.10 Å². The monoisotopic (exact) mass is 464 g/mol. The van der Waals surface area contributed by atoms with Gasteiger partial charge in [0, 0.05) is 23.9 Å². The van der Waals surface area contributed by atoms with Gasteiger partial charge in [0.1, 0.15) is 12.0 Å². The highest BCUT2D eigenvalue weighted by Crippen LogP contribution is 2.22. The van der Waals surface area contributed by atoms with Crippen molar-refractivity contribution in [3.05, 3.63) is 66.9 Å². The van der Waals surface area contributed by atoms with E-state index in [1.807, 2.05) is 52.0 Å². The highest BCUT2D eigenvalue weighted by atomic mass is 16.5. The van der Waals surface area contributed by atoms with Crippen LogP contribution in [0.4, 0.5) is 5.69 Å². The van der Waals surface area contributed by atoms with Crippen molar-refractivity contribution >= 4 is 18.2 Å². The molecule has 0 bridgehead atoms. The maximum absolute atomic E-state index is 10.8. The van der Waals surface area contributed by atoms with Gasteiger partial charge >= 0.3 is 0 Å². The predicted octanol–water partition coefficient (Wildman–Crippen LogP) is 4.07. The summed E-state index contributed by atoms with van der Waals surface area (Å²) in [5, 5.41) is 19.3. The SMILES string of the molecule is CC.CCOc1cnc(-c2cccc(C(C)/C=N/N(/C=C\C=O)c3cnn(CCO)c3)c2)nc1. The summed E-state index contributed by atoms with van der Waals surface area (Å²) in [7, 11) is 0. The number of aliphatic hydroxyl groups is 1. The number of hydrogen-bond acceptors (Lipinski definition) is 8. The molecule has 0 saturated carbocycles. The molecule has 9 heteroatoms. The van der Waals surface area contributed by atoms with E-state index in [1.165, 1.54) is 6.08 Å². The Hall–Kier alpha value is -3.85. The summed E-state index contributed by atoms with van der Waals surface area (Å²) in [4.78, 5) is 19.6. The summed E-state index contributed by atoms with van der Waals surface area (Å²) in [6.07, 6.45) is 12.1. The van der Waals surface area contributed by atoms with E-state index in [1.54, 1.807) is 46.9 Å². The first-order valence-electron chi connectivity index (χ1n) is 11.3. The third kappa shape index (κ3) is 7.63. The fourth-order valence-electron chi connectivity index (χ4n) is 2.93. The van der Waals surface area contributed by atoms with Crippen LogP contribution in [0.1, 0.15) is 39.2 Å². The van der Waals surface area contributed by atoms with Crippen molar-refractivity contribution in [2.45, 2.75) is 40.2 Å². The van der Waals surface area contributed by atoms with Crippen LogP contribution in [0.25, 0.3) is 11.4 Å². The molecule has 0 saturated heterocycles. The number of carbonyl (C=O) groups is 1. The van der Waals surface area contributed by atoms with Gasteiger partial charge in [-0.05, 0) is 24.6 Å². The van der Waals surface area contributed by atoms with Crippen LogP contribution in [-0.2, 0) is 11.3 Å². The minimum atomic E-state index is -0.0164. The van der Waals surface area contributed by atoms with Gasteiger partial charge in [0.2, 0.25) is 0 Å². The summed E-state index contributed by atoms with van der Waals surface area (Å²) in [5.74, 6) is 1.24. The van der Waals surface area contributed by atoms with Gasteiger partial charge in [-0.1, -0.05) is 39.0 Å². The zero-order valence-electron chi connectivity index (χ0n) is 20.1. The molecule has 0 radical (unpaired) electrons. The Bertz CT molecular complexity index is 1060. The van der Waals surface area contributed by atoms with Crippen LogP contribution >= 0.6 is 0 Å². The molecular weight excluding hydrogens is 432 g/mol. The first kappa shape index (κ1) is 26.4. The minimum Gasteiger partial charge on any atom is -0.491 e. The summed E-state index contributed by atoms with van der Waals surface area (Å²) < 4.78 is 7.01. The van der Waals surface area contributed by atoms with Crippen molar-refractivity contribution in [3.63, 3.8) is 0 Å². The summed E-state index contributed by atoms with van der Waals surface area (Å²) >= 11 is 0. The zero-order valence-corrected chi connectivity index (χ0v) is 20.1. The van der Waals surface area contributed by atoms with Gasteiger partial charge in [-0.15, -0.1) is 0 Å². The van der Waals surface area contributed by atoms with E-state index in [0.29, 0.717) is 36.7 Å². The Kier molecular flexibility index (Phi) is 11.1. The maximum atomic E-state index is 10.8. The molecule has 1 unspecified atom stereocenters. The van der Waals surface area contributed by atoms with E-state index < -0.39 is 0 Å². The molecule has 9 nitrogen and oxygen atoms in total. The lowest BCUT2D eigenvalue weighted by Gasteiger charge is -2.13. The number of aldehydes is 1. The molecule has 0 aliphatic carbocycles. The Balaban J connectivity index is 0.00000199. The van der Waals surface area contributed by atoms with Crippen LogP contribution in [-0.4, -0.2) is 50.6 Å². The molecule has 0 fully saturated rings. The van der Waals surface area contributed by atoms with Crippen LogP contribution in [0, 0.1) is 0 Å². The van der Waals surface area contributed by atoms with E-state index in [9.17, 15) is 4.79 Å². The normalized spacial score (nSPS) is 11.8. The van der Waals surface area contributed by atoms with E-state index >= 15 is 0 Å². The quantitative estimate of drug-likeness (QED) is 0.197. The van der Waals surface area contributed by atoms with Gasteiger partial charge in [0.25, 0.3) is 0 Å². The predicted molar refractivity (Wildman–Crippen MR) is 134 cm³/mol. The number of carbonyl (C=O) groups excluding carboxylic acids is 1. The molecule has 2 aromatic heterocycles. The van der Waals surface area contributed by atoms with Crippen molar-refractivity contribution in [1.29, 1.82) is 0 Å². The van der Waals surface area contributed by atoms with Gasteiger partial charge in [-0.25, -0.2) is 15.0 Å². The van der Waals surface area contributed by atoms with Crippen molar-refractivity contribution in [3.8, 4) is 17.1 Å². The number of hydrazone groups is 1. The number of aliphatic hydroxyl groups excluding tert-OH is 1. The molecule has 34 heavy (non-hydrogen) atoms. The fourth-order valence-corrected chi connectivity index (χ4v) is 2.93. The fraction of sp³-hybridized carbons (Fsp3) is 0.320. The number of nitrogens with zero attached hydrogens (tertiary/aromatic N) is 6. The van der Waals surface area contributed by atoms with Gasteiger partial charge < -0.3 is 9.84 Å². The molecule has 0 spiro atoms. The number of allylic oxidation sites excluding steroid dienone is 1. The van der Waals surface area contributed by atoms with Crippen molar-refractivity contribution < 1.29 is 14.6 Å². The van der Waals surface area contributed by atoms with Gasteiger partial charge in [-0.2, -0.15) is 10.2 Å². The first-order valence-corrected chi connectivity index (χ1v) is 11.3. The van der Waals surface area contributed by atoms with Crippen LogP contribution in [0.5, 0.6) is 5.75 Å². The molecule has 180 valence electrons. The molecule has 3 aromatic rings.